The molecule has 1 spiro atoms. The molecule has 0 saturated carbocycles. The number of nitrogens with one attached hydrogen (secondary N) is 1. The molecule has 2 aliphatic heterocycles. The maximum absolute atomic E-state index is 13.3. The van der Waals surface area contributed by atoms with Gasteiger partial charge in [0.25, 0.3) is 5.91 Å². The minimum Gasteiger partial charge on any atom is -0.305 e. The lowest BCUT2D eigenvalue weighted by Gasteiger charge is -2.29. The molecule has 2 aliphatic rings. The van der Waals surface area contributed by atoms with Crippen LogP contribution in [0.4, 0.5) is 5.69 Å². The zero-order chi connectivity index (χ0) is 18.4. The predicted molar refractivity (Wildman–Crippen MR) is 97.0 cm³/mol. The van der Waals surface area contributed by atoms with Crippen molar-refractivity contribution in [1.82, 2.24) is 10.3 Å². The summed E-state index contributed by atoms with van der Waals surface area (Å²) >= 11 is 7.15. The molecule has 25 heavy (non-hydrogen) atoms. The van der Waals surface area contributed by atoms with Gasteiger partial charge in [0.2, 0.25) is 16.7 Å². The standard InChI is InChI=1S/C16H15ClN4O3S/c1-4-7-20-13-6-5-11(17)8-12(13)16(14(20)24)21(10(3)23)19-15(25-16)18-9(2)22/h4-6,8H,1,7H2,2-3H3,(H,18,19,22). The second-order valence-electron chi connectivity index (χ2n) is 5.53. The van der Waals surface area contributed by atoms with Gasteiger partial charge in [-0.15, -0.1) is 11.7 Å². The summed E-state index contributed by atoms with van der Waals surface area (Å²) in [6.07, 6.45) is 1.60. The quantitative estimate of drug-likeness (QED) is 0.798. The van der Waals surface area contributed by atoms with Crippen molar-refractivity contribution >= 4 is 51.9 Å². The van der Waals surface area contributed by atoms with E-state index in [0.29, 0.717) is 16.3 Å². The van der Waals surface area contributed by atoms with Crippen molar-refractivity contribution in [2.45, 2.75) is 18.7 Å². The highest BCUT2D eigenvalue weighted by Crippen LogP contribution is 2.54. The van der Waals surface area contributed by atoms with Crippen LogP contribution in [0.25, 0.3) is 0 Å². The predicted octanol–water partition coefficient (Wildman–Crippen LogP) is 2.03. The number of benzene rings is 1. The Morgan fingerprint density at radius 2 is 2.16 bits per heavy atom. The van der Waals surface area contributed by atoms with Gasteiger partial charge in [-0.05, 0) is 30.0 Å². The number of hydrogen-bond donors (Lipinski definition) is 1. The Morgan fingerprint density at radius 3 is 2.76 bits per heavy atom. The van der Waals surface area contributed by atoms with E-state index in [2.05, 4.69) is 17.0 Å². The van der Waals surface area contributed by atoms with Crippen molar-refractivity contribution in [3.8, 4) is 0 Å². The van der Waals surface area contributed by atoms with Gasteiger partial charge < -0.3 is 10.2 Å². The van der Waals surface area contributed by atoms with E-state index in [4.69, 9.17) is 11.6 Å². The minimum atomic E-state index is -1.42. The van der Waals surface area contributed by atoms with Gasteiger partial charge in [0, 0.05) is 31.0 Å². The van der Waals surface area contributed by atoms with Gasteiger partial charge in [-0.25, -0.2) is 0 Å². The first kappa shape index (κ1) is 17.5. The monoisotopic (exact) mass is 378 g/mol. The average molecular weight is 379 g/mol. The molecular formula is C16H15ClN4O3S. The SMILES string of the molecule is C=CCN1C(=O)C2(SC(NC(C)=O)=NN2C(C)=O)c2cc(Cl)ccc21. The van der Waals surface area contributed by atoms with Crippen LogP contribution in [0, 0.1) is 0 Å². The summed E-state index contributed by atoms with van der Waals surface area (Å²) in [5.74, 6) is -1.10. The number of thioether (sulfide) groups is 1. The van der Waals surface area contributed by atoms with Crippen molar-refractivity contribution < 1.29 is 14.4 Å². The molecule has 0 fully saturated rings. The van der Waals surface area contributed by atoms with Gasteiger partial charge in [-0.3, -0.25) is 14.4 Å². The van der Waals surface area contributed by atoms with Gasteiger partial charge in [0.1, 0.15) is 0 Å². The fourth-order valence-electron chi connectivity index (χ4n) is 2.89. The molecule has 0 bridgehead atoms. The third-order valence-corrected chi connectivity index (χ3v) is 5.25. The number of anilines is 1. The molecule has 0 aromatic heterocycles. The normalized spacial score (nSPS) is 21.4. The van der Waals surface area contributed by atoms with Crippen LogP contribution in [0.15, 0.2) is 36.0 Å². The van der Waals surface area contributed by atoms with E-state index in [0.717, 1.165) is 16.8 Å². The Hall–Kier alpha value is -2.32. The molecule has 2 heterocycles. The molecule has 7 nitrogen and oxygen atoms in total. The number of hydrazone groups is 1. The molecule has 1 N–H and O–H groups in total. The molecule has 1 atom stereocenters. The zero-order valence-electron chi connectivity index (χ0n) is 13.6. The first-order chi connectivity index (χ1) is 11.8. The number of amides is 3. The van der Waals surface area contributed by atoms with Crippen LogP contribution in [0.2, 0.25) is 5.02 Å². The summed E-state index contributed by atoms with van der Waals surface area (Å²) in [5.41, 5.74) is 1.18. The van der Waals surface area contributed by atoms with Crippen LogP contribution in [0.5, 0.6) is 0 Å². The molecular weight excluding hydrogens is 364 g/mol. The third-order valence-electron chi connectivity index (χ3n) is 3.78. The Labute approximate surface area is 153 Å². The Bertz CT molecular complexity index is 841. The van der Waals surface area contributed by atoms with Crippen molar-refractivity contribution in [2.24, 2.45) is 5.10 Å². The smallest absolute Gasteiger partial charge is 0.271 e. The number of halogens is 1. The van der Waals surface area contributed by atoms with E-state index in [1.54, 1.807) is 24.3 Å². The lowest BCUT2D eigenvalue weighted by Crippen LogP contribution is -2.48. The van der Waals surface area contributed by atoms with Crippen LogP contribution < -0.4 is 10.2 Å². The van der Waals surface area contributed by atoms with E-state index in [1.165, 1.54) is 18.7 Å². The highest BCUT2D eigenvalue weighted by Gasteiger charge is 2.61. The molecule has 0 saturated heterocycles. The van der Waals surface area contributed by atoms with Crippen LogP contribution >= 0.6 is 23.4 Å². The first-order valence-corrected chi connectivity index (χ1v) is 8.59. The van der Waals surface area contributed by atoms with Gasteiger partial charge in [-0.1, -0.05) is 17.7 Å². The number of nitrogens with zero attached hydrogens (tertiary/aromatic N) is 3. The van der Waals surface area contributed by atoms with E-state index in [1.807, 2.05) is 0 Å². The lowest BCUT2D eigenvalue weighted by molar-refractivity contribution is -0.139. The molecule has 0 radical (unpaired) electrons. The summed E-state index contributed by atoms with van der Waals surface area (Å²) in [7, 11) is 0. The minimum absolute atomic E-state index is 0.183. The number of fused-ring (bicyclic) bond motifs is 2. The van der Waals surface area contributed by atoms with Gasteiger partial charge >= 0.3 is 0 Å². The van der Waals surface area contributed by atoms with E-state index in [9.17, 15) is 14.4 Å². The maximum Gasteiger partial charge on any atom is 0.271 e. The summed E-state index contributed by atoms with van der Waals surface area (Å²) in [6.45, 7) is 6.60. The number of rotatable bonds is 2. The first-order valence-electron chi connectivity index (χ1n) is 7.40. The fourth-order valence-corrected chi connectivity index (χ4v) is 4.39. The van der Waals surface area contributed by atoms with E-state index >= 15 is 0 Å². The number of amidine groups is 1. The molecule has 1 aromatic rings. The Morgan fingerprint density at radius 1 is 1.44 bits per heavy atom. The van der Waals surface area contributed by atoms with Gasteiger partial charge in [-0.2, -0.15) is 5.01 Å². The summed E-state index contributed by atoms with van der Waals surface area (Å²) < 4.78 is 0. The van der Waals surface area contributed by atoms with E-state index < -0.39 is 10.8 Å². The Balaban J connectivity index is 2.18. The highest BCUT2D eigenvalue weighted by atomic mass is 35.5. The summed E-state index contributed by atoms with van der Waals surface area (Å²) in [5, 5.41) is 8.42. The average Bonchev–Trinajstić information content (AvgIpc) is 3.00. The number of carbonyl (C=O) groups excluding carboxylic acids is 3. The molecule has 1 aromatic carbocycles. The van der Waals surface area contributed by atoms with Crippen LogP contribution in [-0.4, -0.2) is 34.4 Å². The summed E-state index contributed by atoms with van der Waals surface area (Å²) in [6, 6.07) is 5.05. The number of carbonyl (C=O) groups is 3. The lowest BCUT2D eigenvalue weighted by atomic mass is 10.1. The van der Waals surface area contributed by atoms with Gasteiger partial charge in [0.15, 0.2) is 5.17 Å². The molecule has 1 unspecified atom stereocenters. The molecule has 0 aliphatic carbocycles. The number of hydrogen-bond acceptors (Lipinski definition) is 5. The van der Waals surface area contributed by atoms with Crippen LogP contribution in [0.1, 0.15) is 19.4 Å². The second-order valence-corrected chi connectivity index (χ2v) is 7.15. The molecule has 3 amide bonds. The van der Waals surface area contributed by atoms with Crippen molar-refractivity contribution in [1.29, 1.82) is 0 Å². The van der Waals surface area contributed by atoms with Crippen LogP contribution in [-0.2, 0) is 19.3 Å². The van der Waals surface area contributed by atoms with Gasteiger partial charge in [0.05, 0.1) is 5.69 Å². The highest BCUT2D eigenvalue weighted by molar-refractivity contribution is 8.15. The maximum atomic E-state index is 13.3. The van der Waals surface area contributed by atoms with Crippen molar-refractivity contribution in [2.75, 3.05) is 11.4 Å². The summed E-state index contributed by atoms with van der Waals surface area (Å²) in [4.78, 5) is 37.0. The Kier molecular flexibility index (Phi) is 4.34. The largest absolute Gasteiger partial charge is 0.305 e. The van der Waals surface area contributed by atoms with Crippen molar-refractivity contribution in [3.63, 3.8) is 0 Å². The second kappa shape index (κ2) is 6.20. The third kappa shape index (κ3) is 2.61. The topological polar surface area (TPSA) is 82.1 Å². The zero-order valence-corrected chi connectivity index (χ0v) is 15.1. The molecule has 9 heteroatoms. The molecule has 3 rings (SSSR count). The van der Waals surface area contributed by atoms with Crippen molar-refractivity contribution in [3.05, 3.63) is 41.4 Å². The fraction of sp³-hybridized carbons (Fsp3) is 0.250. The molecule has 130 valence electrons. The van der Waals surface area contributed by atoms with E-state index in [-0.39, 0.29) is 23.5 Å². The van der Waals surface area contributed by atoms with Crippen LogP contribution in [0.3, 0.4) is 0 Å².